The summed E-state index contributed by atoms with van der Waals surface area (Å²) in [5.74, 6) is 0.869. The van der Waals surface area contributed by atoms with E-state index in [0.717, 1.165) is 55.5 Å². The van der Waals surface area contributed by atoms with Crippen LogP contribution in [0.1, 0.15) is 18.9 Å². The molecule has 1 aromatic carbocycles. The number of benzene rings is 1. The molecule has 0 aliphatic carbocycles. The summed E-state index contributed by atoms with van der Waals surface area (Å²) in [6, 6.07) is 12.9. The number of nitrogens with zero attached hydrogens (tertiary/aromatic N) is 6. The van der Waals surface area contributed by atoms with E-state index in [9.17, 15) is 9.59 Å². The normalized spacial score (nSPS) is 13.9. The molecule has 2 N–H and O–H groups in total. The molecule has 1 fully saturated rings. The first kappa shape index (κ1) is 24.4. The van der Waals surface area contributed by atoms with Crippen LogP contribution in [0.25, 0.3) is 10.3 Å². The molecule has 0 bridgehead atoms. The summed E-state index contributed by atoms with van der Waals surface area (Å²) in [5, 5.41) is 15.1. The Bertz CT molecular complexity index is 1230. The lowest BCUT2D eigenvalue weighted by molar-refractivity contribution is -0.130. The number of carbonyl (C=O) groups is 2. The predicted octanol–water partition coefficient (Wildman–Crippen LogP) is 3.01. The number of nitrogens with one attached hydrogen (secondary N) is 2. The maximum Gasteiger partial charge on any atom is 0.321 e. The van der Waals surface area contributed by atoms with Crippen LogP contribution in [0.5, 0.6) is 0 Å². The molecule has 0 atom stereocenters. The number of urea groups is 1. The van der Waals surface area contributed by atoms with Crippen molar-refractivity contribution >= 4 is 50.3 Å². The third kappa shape index (κ3) is 6.23. The van der Waals surface area contributed by atoms with Gasteiger partial charge >= 0.3 is 6.03 Å². The van der Waals surface area contributed by atoms with Crippen molar-refractivity contribution in [3.63, 3.8) is 0 Å². The zero-order chi connectivity index (χ0) is 24.8. The van der Waals surface area contributed by atoms with E-state index < -0.39 is 0 Å². The number of fused-ring (bicyclic) bond motifs is 1. The molecule has 0 unspecified atom stereocenters. The Hall–Kier alpha value is -3.75. The Morgan fingerprint density at radius 2 is 1.86 bits per heavy atom. The molecule has 2 aromatic heterocycles. The van der Waals surface area contributed by atoms with Crippen LogP contribution < -0.4 is 15.5 Å². The number of rotatable bonds is 7. The van der Waals surface area contributed by atoms with Crippen LogP contribution in [0.3, 0.4) is 0 Å². The van der Waals surface area contributed by atoms with Crippen molar-refractivity contribution in [3.8, 4) is 6.07 Å². The van der Waals surface area contributed by atoms with Crippen molar-refractivity contribution in [1.82, 2.24) is 25.1 Å². The highest BCUT2D eigenvalue weighted by atomic mass is 32.1. The first-order chi connectivity index (χ1) is 16.9. The summed E-state index contributed by atoms with van der Waals surface area (Å²) in [4.78, 5) is 39.7. The van der Waals surface area contributed by atoms with Gasteiger partial charge in [-0.3, -0.25) is 15.0 Å². The van der Waals surface area contributed by atoms with Crippen molar-refractivity contribution < 1.29 is 9.59 Å². The number of hydrogen-bond donors (Lipinski definition) is 2. The fraction of sp³-hybridized carbons (Fsp3) is 0.375. The number of nitriles is 1. The number of piperazine rings is 1. The molecule has 182 valence electrons. The average Bonchev–Trinajstić information content (AvgIpc) is 3.28. The summed E-state index contributed by atoms with van der Waals surface area (Å²) < 4.78 is 0. The molecule has 10 nitrogen and oxygen atoms in total. The lowest BCUT2D eigenvalue weighted by Gasteiger charge is -2.34. The topological polar surface area (TPSA) is 117 Å². The van der Waals surface area contributed by atoms with Crippen molar-refractivity contribution in [1.29, 1.82) is 5.26 Å². The van der Waals surface area contributed by atoms with E-state index in [0.29, 0.717) is 22.8 Å². The number of thiazole rings is 1. The van der Waals surface area contributed by atoms with E-state index in [4.69, 9.17) is 5.26 Å². The van der Waals surface area contributed by atoms with Crippen LogP contribution in [-0.4, -0.2) is 78.0 Å². The number of hydrogen-bond acceptors (Lipinski definition) is 8. The Morgan fingerprint density at radius 1 is 1.11 bits per heavy atom. The number of pyridine rings is 1. The summed E-state index contributed by atoms with van der Waals surface area (Å²) in [6.45, 7) is 6.31. The lowest BCUT2D eigenvalue weighted by Crippen LogP contribution is -2.48. The van der Waals surface area contributed by atoms with Gasteiger partial charge in [0.25, 0.3) is 0 Å². The van der Waals surface area contributed by atoms with Gasteiger partial charge in [0.05, 0.1) is 11.6 Å². The van der Waals surface area contributed by atoms with Crippen molar-refractivity contribution in [3.05, 3.63) is 42.0 Å². The molecule has 1 aliphatic rings. The minimum Gasteiger partial charge on any atom is -0.340 e. The number of carbonyl (C=O) groups excluding carboxylic acids is 2. The van der Waals surface area contributed by atoms with Gasteiger partial charge < -0.3 is 15.1 Å². The zero-order valence-corrected chi connectivity index (χ0v) is 20.6. The van der Waals surface area contributed by atoms with Gasteiger partial charge in [0.15, 0.2) is 5.13 Å². The van der Waals surface area contributed by atoms with Gasteiger partial charge in [0.2, 0.25) is 5.91 Å². The molecule has 35 heavy (non-hydrogen) atoms. The van der Waals surface area contributed by atoms with E-state index in [1.54, 1.807) is 19.1 Å². The Kier molecular flexibility index (Phi) is 7.74. The summed E-state index contributed by atoms with van der Waals surface area (Å²) >= 11 is 1.32. The molecule has 0 saturated carbocycles. The first-order valence-electron chi connectivity index (χ1n) is 11.5. The Morgan fingerprint density at radius 3 is 2.54 bits per heavy atom. The minimum atomic E-state index is -0.291. The summed E-state index contributed by atoms with van der Waals surface area (Å²) in [6.07, 6.45) is 0.833. The molecule has 1 saturated heterocycles. The molecule has 3 amide bonds. The number of aromatic nitrogens is 2. The second-order valence-corrected chi connectivity index (χ2v) is 9.29. The molecule has 0 spiro atoms. The van der Waals surface area contributed by atoms with Crippen LogP contribution >= 0.6 is 11.3 Å². The largest absolute Gasteiger partial charge is 0.340 e. The maximum atomic E-state index is 12.3. The van der Waals surface area contributed by atoms with Gasteiger partial charge in [-0.1, -0.05) is 11.3 Å². The van der Waals surface area contributed by atoms with E-state index in [1.807, 2.05) is 41.1 Å². The monoisotopic (exact) mass is 492 g/mol. The highest BCUT2D eigenvalue weighted by Crippen LogP contribution is 2.29. The Labute approximate surface area is 208 Å². The zero-order valence-electron chi connectivity index (χ0n) is 19.8. The Balaban J connectivity index is 1.26. The van der Waals surface area contributed by atoms with E-state index >= 15 is 0 Å². The summed E-state index contributed by atoms with van der Waals surface area (Å²) in [5.41, 5.74) is 2.24. The molecule has 4 rings (SSSR count). The fourth-order valence-electron chi connectivity index (χ4n) is 3.87. The number of anilines is 3. The van der Waals surface area contributed by atoms with Gasteiger partial charge in [-0.15, -0.1) is 0 Å². The molecule has 1 aliphatic heterocycles. The minimum absolute atomic E-state index is 0.127. The van der Waals surface area contributed by atoms with Crippen molar-refractivity contribution in [2.75, 3.05) is 56.5 Å². The summed E-state index contributed by atoms with van der Waals surface area (Å²) in [7, 11) is 1.91. The van der Waals surface area contributed by atoms with Gasteiger partial charge in [-0.05, 0) is 49.4 Å². The lowest BCUT2D eigenvalue weighted by atomic mass is 10.2. The van der Waals surface area contributed by atoms with Crippen LogP contribution in [-0.2, 0) is 4.79 Å². The second-order valence-electron chi connectivity index (χ2n) is 8.31. The van der Waals surface area contributed by atoms with Crippen LogP contribution in [0.2, 0.25) is 0 Å². The van der Waals surface area contributed by atoms with Crippen molar-refractivity contribution in [2.45, 2.75) is 13.3 Å². The van der Waals surface area contributed by atoms with E-state index in [2.05, 4.69) is 31.6 Å². The second kappa shape index (κ2) is 11.1. The van der Waals surface area contributed by atoms with Crippen LogP contribution in [0, 0.1) is 11.3 Å². The van der Waals surface area contributed by atoms with Gasteiger partial charge in [0, 0.05) is 52.4 Å². The number of amides is 3. The van der Waals surface area contributed by atoms with Crippen LogP contribution in [0.15, 0.2) is 36.4 Å². The van der Waals surface area contributed by atoms with Gasteiger partial charge in [0.1, 0.15) is 16.2 Å². The van der Waals surface area contributed by atoms with Gasteiger partial charge in [-0.25, -0.2) is 14.8 Å². The first-order valence-corrected chi connectivity index (χ1v) is 12.3. The quantitative estimate of drug-likeness (QED) is 0.487. The fourth-order valence-corrected chi connectivity index (χ4v) is 4.70. The van der Waals surface area contributed by atoms with Gasteiger partial charge in [-0.2, -0.15) is 5.26 Å². The molecular weight excluding hydrogens is 464 g/mol. The SMILES string of the molecule is CC(=O)N1CCN(CCCNC(=O)Nc2nc3ccc(N(C)c4ccc(C#N)cc4)nc3s2)CC1. The van der Waals surface area contributed by atoms with E-state index in [-0.39, 0.29) is 11.9 Å². The van der Waals surface area contributed by atoms with Crippen LogP contribution in [0.4, 0.5) is 21.4 Å². The average molecular weight is 493 g/mol. The van der Waals surface area contributed by atoms with Crippen molar-refractivity contribution in [2.24, 2.45) is 0 Å². The highest BCUT2D eigenvalue weighted by molar-refractivity contribution is 7.22. The molecule has 3 heterocycles. The molecular formula is C24H28N8O2S. The predicted molar refractivity (Wildman–Crippen MR) is 137 cm³/mol. The molecule has 11 heteroatoms. The highest BCUT2D eigenvalue weighted by Gasteiger charge is 2.18. The van der Waals surface area contributed by atoms with E-state index in [1.165, 1.54) is 11.3 Å². The maximum absolute atomic E-state index is 12.3. The molecule has 0 radical (unpaired) electrons. The third-order valence-corrected chi connectivity index (χ3v) is 6.82. The molecule has 3 aromatic rings. The third-order valence-electron chi connectivity index (χ3n) is 5.94. The standard InChI is InChI=1S/C24H28N8O2S/c1-17(33)32-14-12-31(13-15-32)11-3-10-26-23(34)29-24-27-20-8-9-21(28-22(20)35-24)30(2)19-6-4-18(16-25)5-7-19/h4-9H,3,10-15H2,1-2H3,(H2,26,27,29,34). The smallest absolute Gasteiger partial charge is 0.321 e.